The fraction of sp³-hybridized carbons (Fsp3) is 0.421. The normalized spacial score (nSPS) is 18.2. The van der Waals surface area contributed by atoms with Crippen molar-refractivity contribution in [1.29, 1.82) is 0 Å². The maximum absolute atomic E-state index is 12.5. The van der Waals surface area contributed by atoms with Gasteiger partial charge < -0.3 is 5.32 Å². The summed E-state index contributed by atoms with van der Waals surface area (Å²) < 4.78 is 24.6. The van der Waals surface area contributed by atoms with Crippen LogP contribution in [0.4, 0.5) is 0 Å². The summed E-state index contributed by atoms with van der Waals surface area (Å²) >= 11 is 0. The second kappa shape index (κ2) is 7.14. The molecule has 0 aromatic heterocycles. The van der Waals surface area contributed by atoms with Crippen molar-refractivity contribution in [2.45, 2.75) is 25.8 Å². The average molecular weight is 360 g/mol. The molecule has 0 saturated carbocycles. The molecule has 0 radical (unpaired) electrons. The monoisotopic (exact) mass is 360 g/mol. The number of nitrogens with zero attached hydrogens (tertiary/aromatic N) is 1. The quantitative estimate of drug-likeness (QED) is 0.912. The summed E-state index contributed by atoms with van der Waals surface area (Å²) in [5.74, 6) is -0.116. The van der Waals surface area contributed by atoms with Gasteiger partial charge in [-0.3, -0.25) is 4.79 Å². The number of amides is 1. The van der Waals surface area contributed by atoms with E-state index in [1.165, 1.54) is 15.9 Å². The van der Waals surface area contributed by atoms with Crippen LogP contribution in [0, 0.1) is 5.92 Å². The van der Waals surface area contributed by atoms with Crippen LogP contribution in [0.2, 0.25) is 0 Å². The minimum Gasteiger partial charge on any atom is -0.349 e. The molecule has 1 N–H and O–H groups in total. The Labute approximate surface area is 149 Å². The highest BCUT2D eigenvalue weighted by molar-refractivity contribution is 7.88. The van der Waals surface area contributed by atoms with Crippen LogP contribution in [0.15, 0.2) is 42.5 Å². The molecule has 1 aliphatic rings. The van der Waals surface area contributed by atoms with Gasteiger partial charge in [-0.05, 0) is 42.2 Å². The fourth-order valence-corrected chi connectivity index (χ4v) is 4.22. The summed E-state index contributed by atoms with van der Waals surface area (Å²) in [4.78, 5) is 12.5. The smallest absolute Gasteiger partial charge is 0.223 e. The van der Waals surface area contributed by atoms with Gasteiger partial charge in [0, 0.05) is 19.0 Å². The van der Waals surface area contributed by atoms with Gasteiger partial charge in [-0.2, -0.15) is 0 Å². The molecule has 1 heterocycles. The third-order valence-corrected chi connectivity index (χ3v) is 6.23. The first-order valence-corrected chi connectivity index (χ1v) is 10.4. The maximum Gasteiger partial charge on any atom is 0.223 e. The number of piperidine rings is 1. The minimum atomic E-state index is -3.16. The van der Waals surface area contributed by atoms with Crippen LogP contribution < -0.4 is 5.32 Å². The number of carbonyl (C=O) groups is 1. The first-order chi connectivity index (χ1) is 11.8. The molecule has 134 valence electrons. The molecule has 1 aliphatic heterocycles. The van der Waals surface area contributed by atoms with E-state index in [2.05, 4.69) is 29.6 Å². The Bertz CT molecular complexity index is 871. The van der Waals surface area contributed by atoms with Crippen molar-refractivity contribution in [3.05, 3.63) is 48.0 Å². The Morgan fingerprint density at radius 2 is 1.76 bits per heavy atom. The zero-order valence-electron chi connectivity index (χ0n) is 14.6. The van der Waals surface area contributed by atoms with E-state index in [-0.39, 0.29) is 17.9 Å². The molecule has 0 bridgehead atoms. The van der Waals surface area contributed by atoms with Crippen molar-refractivity contribution >= 4 is 26.7 Å². The van der Waals surface area contributed by atoms with Crippen LogP contribution in [0.25, 0.3) is 10.8 Å². The second-order valence-electron chi connectivity index (χ2n) is 6.77. The van der Waals surface area contributed by atoms with E-state index >= 15 is 0 Å². The van der Waals surface area contributed by atoms with Crippen molar-refractivity contribution in [2.24, 2.45) is 5.92 Å². The summed E-state index contributed by atoms with van der Waals surface area (Å²) in [7, 11) is -3.16. The lowest BCUT2D eigenvalue weighted by Gasteiger charge is -2.30. The summed E-state index contributed by atoms with van der Waals surface area (Å²) in [6.45, 7) is 2.82. The largest absolute Gasteiger partial charge is 0.349 e. The minimum absolute atomic E-state index is 0.00816. The maximum atomic E-state index is 12.5. The summed E-state index contributed by atoms with van der Waals surface area (Å²) in [5.41, 5.74) is 1.07. The van der Waals surface area contributed by atoms with Gasteiger partial charge in [0.15, 0.2) is 0 Å². The van der Waals surface area contributed by atoms with Crippen molar-refractivity contribution in [3.8, 4) is 0 Å². The van der Waals surface area contributed by atoms with Gasteiger partial charge >= 0.3 is 0 Å². The summed E-state index contributed by atoms with van der Waals surface area (Å²) in [6.07, 6.45) is 2.36. The predicted molar refractivity (Wildman–Crippen MR) is 99.6 cm³/mol. The number of benzene rings is 2. The van der Waals surface area contributed by atoms with E-state index < -0.39 is 10.0 Å². The van der Waals surface area contributed by atoms with E-state index in [1.54, 1.807) is 0 Å². The van der Waals surface area contributed by atoms with Crippen LogP contribution in [0.1, 0.15) is 31.4 Å². The van der Waals surface area contributed by atoms with Crippen molar-refractivity contribution in [3.63, 3.8) is 0 Å². The standard InChI is InChI=1S/C19H24N2O3S/c1-14(17-8-7-15-5-3-4-6-18(15)13-17)20-19(22)16-9-11-21(12-10-16)25(2,23)24/h3-8,13-14,16H,9-12H2,1-2H3,(H,20,22). The fourth-order valence-electron chi connectivity index (χ4n) is 3.34. The highest BCUT2D eigenvalue weighted by Gasteiger charge is 2.29. The van der Waals surface area contributed by atoms with Gasteiger partial charge in [-0.25, -0.2) is 12.7 Å². The molecule has 1 fully saturated rings. The summed E-state index contributed by atoms with van der Waals surface area (Å²) in [6, 6.07) is 14.3. The van der Waals surface area contributed by atoms with Crippen LogP contribution in [0.5, 0.6) is 0 Å². The van der Waals surface area contributed by atoms with Crippen LogP contribution >= 0.6 is 0 Å². The first-order valence-electron chi connectivity index (χ1n) is 8.59. The Morgan fingerprint density at radius 1 is 1.12 bits per heavy atom. The molecule has 0 aliphatic carbocycles. The van der Waals surface area contributed by atoms with Gasteiger partial charge in [-0.1, -0.05) is 36.4 Å². The van der Waals surface area contributed by atoms with Crippen molar-refractivity contribution in [2.75, 3.05) is 19.3 Å². The Hall–Kier alpha value is -1.92. The van der Waals surface area contributed by atoms with Gasteiger partial charge in [0.05, 0.1) is 12.3 Å². The van der Waals surface area contributed by atoms with Crippen LogP contribution in [0.3, 0.4) is 0 Å². The average Bonchev–Trinajstić information content (AvgIpc) is 2.60. The SMILES string of the molecule is CC(NC(=O)C1CCN(S(C)(=O)=O)CC1)c1ccc2ccccc2c1. The molecule has 2 aromatic rings. The molecular weight excluding hydrogens is 336 g/mol. The molecule has 5 nitrogen and oxygen atoms in total. The highest BCUT2D eigenvalue weighted by Crippen LogP contribution is 2.23. The lowest BCUT2D eigenvalue weighted by molar-refractivity contribution is -0.126. The lowest BCUT2D eigenvalue weighted by Crippen LogP contribution is -2.43. The van der Waals surface area contributed by atoms with Crippen molar-refractivity contribution in [1.82, 2.24) is 9.62 Å². The molecule has 1 atom stereocenters. The molecular formula is C19H24N2O3S. The van der Waals surface area contributed by atoms with Gasteiger partial charge in [0.25, 0.3) is 0 Å². The van der Waals surface area contributed by atoms with Crippen LogP contribution in [-0.2, 0) is 14.8 Å². The van der Waals surface area contributed by atoms with E-state index in [0.717, 1.165) is 10.9 Å². The molecule has 6 heteroatoms. The third kappa shape index (κ3) is 4.19. The number of fused-ring (bicyclic) bond motifs is 1. The predicted octanol–water partition coefficient (Wildman–Crippen LogP) is 2.69. The Balaban J connectivity index is 1.62. The molecule has 1 saturated heterocycles. The number of hydrogen-bond donors (Lipinski definition) is 1. The van der Waals surface area contributed by atoms with E-state index in [1.807, 2.05) is 25.1 Å². The molecule has 2 aromatic carbocycles. The zero-order valence-corrected chi connectivity index (χ0v) is 15.4. The van der Waals surface area contributed by atoms with Gasteiger partial charge in [0.2, 0.25) is 15.9 Å². The zero-order chi connectivity index (χ0) is 18.0. The Morgan fingerprint density at radius 3 is 2.40 bits per heavy atom. The molecule has 25 heavy (non-hydrogen) atoms. The number of carbonyl (C=O) groups excluding carboxylic acids is 1. The number of nitrogens with one attached hydrogen (secondary N) is 1. The number of sulfonamides is 1. The first kappa shape index (κ1) is 17.9. The number of rotatable bonds is 4. The van der Waals surface area contributed by atoms with E-state index in [9.17, 15) is 13.2 Å². The number of hydrogen-bond acceptors (Lipinski definition) is 3. The van der Waals surface area contributed by atoms with Crippen LogP contribution in [-0.4, -0.2) is 38.0 Å². The lowest BCUT2D eigenvalue weighted by atomic mass is 9.96. The second-order valence-corrected chi connectivity index (χ2v) is 8.76. The highest BCUT2D eigenvalue weighted by atomic mass is 32.2. The van der Waals surface area contributed by atoms with Gasteiger partial charge in [-0.15, -0.1) is 0 Å². The van der Waals surface area contributed by atoms with Gasteiger partial charge in [0.1, 0.15) is 0 Å². The molecule has 1 amide bonds. The topological polar surface area (TPSA) is 66.5 Å². The molecule has 0 spiro atoms. The third-order valence-electron chi connectivity index (χ3n) is 4.93. The molecule has 1 unspecified atom stereocenters. The molecule has 3 rings (SSSR count). The van der Waals surface area contributed by atoms with Crippen molar-refractivity contribution < 1.29 is 13.2 Å². The van der Waals surface area contributed by atoms with E-state index in [4.69, 9.17) is 0 Å². The Kier molecular flexibility index (Phi) is 5.11. The summed E-state index contributed by atoms with van der Waals surface area (Å²) in [5, 5.41) is 5.41. The van der Waals surface area contributed by atoms with E-state index in [0.29, 0.717) is 25.9 Å².